The van der Waals surface area contributed by atoms with Crippen LogP contribution < -0.4 is 14.4 Å². The number of ether oxygens (including phenoxy) is 1. The van der Waals surface area contributed by atoms with Gasteiger partial charge in [0.05, 0.1) is 17.8 Å². The van der Waals surface area contributed by atoms with Gasteiger partial charge < -0.3 is 9.64 Å². The summed E-state index contributed by atoms with van der Waals surface area (Å²) < 4.78 is 59.5. The maximum atomic E-state index is 12.7. The minimum absolute atomic E-state index is 0.170. The lowest BCUT2D eigenvalue weighted by Crippen LogP contribution is -2.50. The van der Waals surface area contributed by atoms with Crippen LogP contribution in [-0.2, 0) is 20.0 Å². The lowest BCUT2D eigenvalue weighted by molar-refractivity contribution is 0.384. The highest BCUT2D eigenvalue weighted by molar-refractivity contribution is 7.90. The van der Waals surface area contributed by atoms with Crippen molar-refractivity contribution in [1.29, 1.82) is 0 Å². The van der Waals surface area contributed by atoms with Crippen LogP contribution in [0.25, 0.3) is 0 Å². The molecule has 1 saturated heterocycles. The molecule has 10 heteroatoms. The van der Waals surface area contributed by atoms with Crippen LogP contribution in [0.2, 0.25) is 0 Å². The number of anilines is 1. The van der Waals surface area contributed by atoms with Crippen LogP contribution in [0.1, 0.15) is 11.1 Å². The van der Waals surface area contributed by atoms with Crippen molar-refractivity contribution >= 4 is 25.7 Å². The van der Waals surface area contributed by atoms with E-state index in [-0.39, 0.29) is 17.2 Å². The van der Waals surface area contributed by atoms with E-state index in [1.54, 1.807) is 32.2 Å². The third kappa shape index (κ3) is 5.76. The average molecular weight is 468 g/mol. The number of hydrogen-bond acceptors (Lipinski definition) is 6. The Kier molecular flexibility index (Phi) is 7.25. The van der Waals surface area contributed by atoms with E-state index < -0.39 is 20.0 Å². The van der Waals surface area contributed by atoms with Gasteiger partial charge in [0.15, 0.2) is 0 Å². The van der Waals surface area contributed by atoms with E-state index in [2.05, 4.69) is 9.62 Å². The molecule has 1 heterocycles. The Morgan fingerprint density at radius 1 is 0.935 bits per heavy atom. The monoisotopic (exact) mass is 467 g/mol. The molecule has 0 unspecified atom stereocenters. The Morgan fingerprint density at radius 2 is 1.58 bits per heavy atom. The van der Waals surface area contributed by atoms with Crippen LogP contribution in [0.15, 0.2) is 47.4 Å². The Hall–Kier alpha value is -2.14. The van der Waals surface area contributed by atoms with Gasteiger partial charge in [0, 0.05) is 38.4 Å². The second-order valence-corrected chi connectivity index (χ2v) is 11.4. The number of piperazine rings is 1. The van der Waals surface area contributed by atoms with Crippen molar-refractivity contribution in [2.75, 3.05) is 50.5 Å². The van der Waals surface area contributed by atoms with Gasteiger partial charge in [0.25, 0.3) is 0 Å². The summed E-state index contributed by atoms with van der Waals surface area (Å²) >= 11 is 0. The fourth-order valence-corrected chi connectivity index (χ4v) is 6.35. The summed E-state index contributed by atoms with van der Waals surface area (Å²) in [6.07, 6.45) is 0. The Morgan fingerprint density at radius 3 is 2.16 bits per heavy atom. The van der Waals surface area contributed by atoms with Crippen molar-refractivity contribution in [3.8, 4) is 5.75 Å². The maximum Gasteiger partial charge on any atom is 0.240 e. The average Bonchev–Trinajstić information content (AvgIpc) is 2.73. The highest BCUT2D eigenvalue weighted by Gasteiger charge is 2.27. The predicted octanol–water partition coefficient (Wildman–Crippen LogP) is 1.74. The topological polar surface area (TPSA) is 96.0 Å². The zero-order chi connectivity index (χ0) is 22.6. The van der Waals surface area contributed by atoms with E-state index >= 15 is 0 Å². The largest absolute Gasteiger partial charge is 0.497 e. The summed E-state index contributed by atoms with van der Waals surface area (Å²) in [5.41, 5.74) is 2.61. The molecular formula is C21H29N3O5S2. The molecule has 0 bridgehead atoms. The van der Waals surface area contributed by atoms with E-state index in [0.717, 1.165) is 17.0 Å². The van der Waals surface area contributed by atoms with Gasteiger partial charge in [0.2, 0.25) is 20.0 Å². The molecule has 1 aliphatic heterocycles. The zero-order valence-corrected chi connectivity index (χ0v) is 19.7. The van der Waals surface area contributed by atoms with Crippen LogP contribution in [-0.4, -0.2) is 66.7 Å². The van der Waals surface area contributed by atoms with Crippen LogP contribution in [0.3, 0.4) is 0 Å². The lowest BCUT2D eigenvalue weighted by atomic mass is 10.2. The number of methoxy groups -OCH3 is 1. The molecule has 0 amide bonds. The first kappa shape index (κ1) is 23.5. The SMILES string of the molecule is COc1ccc(N2CCN(S(=O)(=O)CCNS(=O)(=O)c3ccc(C)cc3C)CC2)cc1. The van der Waals surface area contributed by atoms with E-state index in [1.807, 2.05) is 31.2 Å². The molecule has 170 valence electrons. The number of sulfonamides is 2. The van der Waals surface area contributed by atoms with Crippen molar-refractivity contribution in [2.24, 2.45) is 0 Å². The highest BCUT2D eigenvalue weighted by Crippen LogP contribution is 2.21. The number of nitrogens with zero attached hydrogens (tertiary/aromatic N) is 2. The van der Waals surface area contributed by atoms with Crippen LogP contribution in [0.4, 0.5) is 5.69 Å². The number of aryl methyl sites for hydroxylation is 2. The van der Waals surface area contributed by atoms with Gasteiger partial charge in [-0.2, -0.15) is 4.31 Å². The molecule has 0 spiro atoms. The molecule has 0 saturated carbocycles. The summed E-state index contributed by atoms with van der Waals surface area (Å²) in [5.74, 6) is 0.493. The molecule has 31 heavy (non-hydrogen) atoms. The first-order valence-electron chi connectivity index (χ1n) is 10.1. The van der Waals surface area contributed by atoms with Crippen LogP contribution in [0, 0.1) is 13.8 Å². The molecule has 2 aromatic carbocycles. The lowest BCUT2D eigenvalue weighted by Gasteiger charge is -2.35. The van der Waals surface area contributed by atoms with E-state index in [0.29, 0.717) is 31.7 Å². The quantitative estimate of drug-likeness (QED) is 0.635. The van der Waals surface area contributed by atoms with Gasteiger partial charge in [0.1, 0.15) is 5.75 Å². The molecule has 1 N–H and O–H groups in total. The molecule has 0 aliphatic carbocycles. The van der Waals surface area contributed by atoms with Crippen molar-refractivity contribution in [1.82, 2.24) is 9.03 Å². The number of benzene rings is 2. The summed E-state index contributed by atoms with van der Waals surface area (Å²) in [4.78, 5) is 2.29. The molecule has 0 aromatic heterocycles. The Labute approximate surface area is 184 Å². The third-order valence-electron chi connectivity index (χ3n) is 5.34. The van der Waals surface area contributed by atoms with Crippen LogP contribution >= 0.6 is 0 Å². The smallest absolute Gasteiger partial charge is 0.240 e. The van der Waals surface area contributed by atoms with Gasteiger partial charge in [-0.1, -0.05) is 17.7 Å². The van der Waals surface area contributed by atoms with Crippen molar-refractivity contribution in [3.63, 3.8) is 0 Å². The normalized spacial score (nSPS) is 15.8. The van der Waals surface area contributed by atoms with E-state index in [4.69, 9.17) is 4.74 Å². The Balaban J connectivity index is 1.54. The highest BCUT2D eigenvalue weighted by atomic mass is 32.2. The number of hydrogen-bond donors (Lipinski definition) is 1. The summed E-state index contributed by atoms with van der Waals surface area (Å²) in [5, 5.41) is 0. The van der Waals surface area contributed by atoms with E-state index in [9.17, 15) is 16.8 Å². The predicted molar refractivity (Wildman–Crippen MR) is 122 cm³/mol. The molecule has 3 rings (SSSR count). The molecule has 1 aliphatic rings. The first-order valence-corrected chi connectivity index (χ1v) is 13.2. The second-order valence-electron chi connectivity index (χ2n) is 7.57. The molecule has 8 nitrogen and oxygen atoms in total. The van der Waals surface area contributed by atoms with Crippen molar-refractivity contribution < 1.29 is 21.6 Å². The molecule has 0 radical (unpaired) electrons. The summed E-state index contributed by atoms with van der Waals surface area (Å²) in [7, 11) is -5.71. The van der Waals surface area contributed by atoms with Gasteiger partial charge in [-0.3, -0.25) is 0 Å². The minimum Gasteiger partial charge on any atom is -0.497 e. The molecular weight excluding hydrogens is 438 g/mol. The Bertz CT molecular complexity index is 1110. The van der Waals surface area contributed by atoms with Gasteiger partial charge in [-0.25, -0.2) is 21.6 Å². The summed E-state index contributed by atoms with van der Waals surface area (Å²) in [6.45, 7) is 5.30. The standard InChI is InChI=1S/C21H29N3O5S2/c1-17-4-9-21(18(2)16-17)31(27,28)22-10-15-30(25,26)24-13-11-23(12-14-24)19-5-7-20(29-3)8-6-19/h4-9,16,22H,10-15H2,1-3H3. The fraction of sp³-hybridized carbons (Fsp3) is 0.429. The van der Waals surface area contributed by atoms with Gasteiger partial charge in [-0.05, 0) is 49.7 Å². The first-order chi connectivity index (χ1) is 14.6. The van der Waals surface area contributed by atoms with Gasteiger partial charge in [-0.15, -0.1) is 0 Å². The number of nitrogens with one attached hydrogen (secondary N) is 1. The van der Waals surface area contributed by atoms with E-state index in [1.165, 1.54) is 4.31 Å². The molecule has 2 aromatic rings. The van der Waals surface area contributed by atoms with Crippen molar-refractivity contribution in [3.05, 3.63) is 53.6 Å². The third-order valence-corrected chi connectivity index (χ3v) is 8.83. The second kappa shape index (κ2) is 9.56. The van der Waals surface area contributed by atoms with Gasteiger partial charge >= 0.3 is 0 Å². The molecule has 0 atom stereocenters. The molecule has 1 fully saturated rings. The summed E-state index contributed by atoms with van der Waals surface area (Å²) in [6, 6.07) is 12.7. The fourth-order valence-electron chi connectivity index (χ4n) is 3.63. The maximum absolute atomic E-state index is 12.7. The zero-order valence-electron chi connectivity index (χ0n) is 18.0. The van der Waals surface area contributed by atoms with Crippen LogP contribution in [0.5, 0.6) is 5.75 Å². The van der Waals surface area contributed by atoms with Crippen molar-refractivity contribution in [2.45, 2.75) is 18.7 Å². The number of rotatable bonds is 8. The minimum atomic E-state index is -3.76.